The summed E-state index contributed by atoms with van der Waals surface area (Å²) in [6, 6.07) is 4.09. The van der Waals surface area contributed by atoms with Gasteiger partial charge in [0.05, 0.1) is 4.88 Å². The number of amides is 1. The van der Waals surface area contributed by atoms with Gasteiger partial charge in [-0.15, -0.1) is 21.5 Å². The molecule has 3 heterocycles. The minimum absolute atomic E-state index is 0.178. The molecule has 0 unspecified atom stereocenters. The molecule has 1 aliphatic rings. The lowest BCUT2D eigenvalue weighted by molar-refractivity contribution is -0.129. The van der Waals surface area contributed by atoms with E-state index >= 15 is 0 Å². The Kier molecular flexibility index (Phi) is 4.30. The van der Waals surface area contributed by atoms with Crippen molar-refractivity contribution < 1.29 is 4.79 Å². The first-order valence-corrected chi connectivity index (χ1v) is 8.76. The van der Waals surface area contributed by atoms with Gasteiger partial charge >= 0.3 is 0 Å². The van der Waals surface area contributed by atoms with Crippen molar-refractivity contribution >= 4 is 29.0 Å². The van der Waals surface area contributed by atoms with Crippen molar-refractivity contribution in [3.05, 3.63) is 17.5 Å². The lowest BCUT2D eigenvalue weighted by Gasteiger charge is -2.30. The molecule has 5 nitrogen and oxygen atoms in total. The minimum Gasteiger partial charge on any atom is -0.343 e. The molecule has 1 aliphatic heterocycles. The molecule has 0 saturated carbocycles. The molecule has 0 aromatic carbocycles. The summed E-state index contributed by atoms with van der Waals surface area (Å²) < 4.78 is 2.06. The summed E-state index contributed by atoms with van der Waals surface area (Å²) in [5, 5.41) is 12.1. The van der Waals surface area contributed by atoms with Gasteiger partial charge in [-0.05, 0) is 24.3 Å². The third-order valence-corrected chi connectivity index (χ3v) is 5.97. The van der Waals surface area contributed by atoms with Crippen LogP contribution in [-0.2, 0) is 11.8 Å². The van der Waals surface area contributed by atoms with E-state index in [1.165, 1.54) is 0 Å². The van der Waals surface area contributed by atoms with E-state index in [9.17, 15) is 4.79 Å². The van der Waals surface area contributed by atoms with Crippen LogP contribution in [-0.4, -0.2) is 43.9 Å². The molecular formula is C14H18N4OS2. The van der Waals surface area contributed by atoms with Gasteiger partial charge in [0.15, 0.2) is 11.0 Å². The number of hydrogen-bond acceptors (Lipinski definition) is 5. The zero-order valence-corrected chi connectivity index (χ0v) is 13.8. The standard InChI is InChI=1S/C14H18N4OS2/c1-10(19)18-7-5-11(6-8-18)21-14-16-15-13(17(14)2)12-4-3-9-20-12/h3-4,9,11H,5-8H2,1-2H3. The lowest BCUT2D eigenvalue weighted by Crippen LogP contribution is -2.37. The van der Waals surface area contributed by atoms with Crippen LogP contribution in [0.3, 0.4) is 0 Å². The summed E-state index contributed by atoms with van der Waals surface area (Å²) in [6.07, 6.45) is 2.04. The quantitative estimate of drug-likeness (QED) is 0.872. The Labute approximate surface area is 132 Å². The second-order valence-electron chi connectivity index (χ2n) is 5.17. The summed E-state index contributed by atoms with van der Waals surface area (Å²) in [4.78, 5) is 14.4. The average molecular weight is 322 g/mol. The number of carbonyl (C=O) groups excluding carboxylic acids is 1. The van der Waals surface area contributed by atoms with Gasteiger partial charge in [0.1, 0.15) is 0 Å². The molecule has 1 amide bonds. The SMILES string of the molecule is CC(=O)N1CCC(Sc2nnc(-c3cccs3)n2C)CC1. The third kappa shape index (κ3) is 3.13. The van der Waals surface area contributed by atoms with E-state index in [1.54, 1.807) is 30.0 Å². The maximum Gasteiger partial charge on any atom is 0.219 e. The van der Waals surface area contributed by atoms with Crippen LogP contribution in [0.15, 0.2) is 22.7 Å². The molecule has 0 aliphatic carbocycles. The Morgan fingerprint density at radius 2 is 2.14 bits per heavy atom. The number of rotatable bonds is 3. The molecule has 2 aromatic rings. The predicted molar refractivity (Wildman–Crippen MR) is 85.4 cm³/mol. The highest BCUT2D eigenvalue weighted by molar-refractivity contribution is 7.99. The lowest BCUT2D eigenvalue weighted by atomic mass is 10.1. The van der Waals surface area contributed by atoms with Gasteiger partial charge in [-0.1, -0.05) is 17.8 Å². The number of likely N-dealkylation sites (tertiary alicyclic amines) is 1. The van der Waals surface area contributed by atoms with Crippen LogP contribution in [0.25, 0.3) is 10.7 Å². The zero-order chi connectivity index (χ0) is 14.8. The van der Waals surface area contributed by atoms with E-state index in [-0.39, 0.29) is 5.91 Å². The van der Waals surface area contributed by atoms with Crippen LogP contribution in [0.5, 0.6) is 0 Å². The van der Waals surface area contributed by atoms with Crippen LogP contribution in [0, 0.1) is 0 Å². The fourth-order valence-corrected chi connectivity index (χ4v) is 4.30. The minimum atomic E-state index is 0.178. The van der Waals surface area contributed by atoms with Crippen molar-refractivity contribution in [2.45, 2.75) is 30.2 Å². The number of nitrogens with zero attached hydrogens (tertiary/aromatic N) is 4. The Morgan fingerprint density at radius 1 is 1.38 bits per heavy atom. The second kappa shape index (κ2) is 6.19. The molecule has 0 radical (unpaired) electrons. The number of carbonyl (C=O) groups is 1. The Morgan fingerprint density at radius 3 is 2.76 bits per heavy atom. The molecule has 112 valence electrons. The Bertz CT molecular complexity index is 615. The number of aromatic nitrogens is 3. The highest BCUT2D eigenvalue weighted by atomic mass is 32.2. The molecule has 0 spiro atoms. The summed E-state index contributed by atoms with van der Waals surface area (Å²) in [6.45, 7) is 3.34. The van der Waals surface area contributed by atoms with E-state index in [0.717, 1.165) is 41.8 Å². The summed E-state index contributed by atoms with van der Waals surface area (Å²) in [5.41, 5.74) is 0. The number of hydrogen-bond donors (Lipinski definition) is 0. The molecule has 7 heteroatoms. The van der Waals surface area contributed by atoms with Crippen LogP contribution in [0.1, 0.15) is 19.8 Å². The smallest absolute Gasteiger partial charge is 0.219 e. The van der Waals surface area contributed by atoms with Crippen molar-refractivity contribution in [1.29, 1.82) is 0 Å². The summed E-state index contributed by atoms with van der Waals surface area (Å²) in [7, 11) is 2.02. The summed E-state index contributed by atoms with van der Waals surface area (Å²) in [5.74, 6) is 1.10. The Balaban J connectivity index is 1.66. The zero-order valence-electron chi connectivity index (χ0n) is 12.2. The molecule has 21 heavy (non-hydrogen) atoms. The first kappa shape index (κ1) is 14.6. The van der Waals surface area contributed by atoms with Crippen LogP contribution in [0.2, 0.25) is 0 Å². The monoisotopic (exact) mass is 322 g/mol. The van der Waals surface area contributed by atoms with Gasteiger partial charge in [0, 0.05) is 32.3 Å². The van der Waals surface area contributed by atoms with E-state index in [4.69, 9.17) is 0 Å². The predicted octanol–water partition coefficient (Wildman–Crippen LogP) is 2.65. The molecule has 1 saturated heterocycles. The molecule has 2 aromatic heterocycles. The first-order valence-electron chi connectivity index (χ1n) is 7.00. The highest BCUT2D eigenvalue weighted by Gasteiger charge is 2.23. The molecule has 0 bridgehead atoms. The largest absolute Gasteiger partial charge is 0.343 e. The first-order chi connectivity index (χ1) is 10.1. The maximum atomic E-state index is 11.3. The van der Waals surface area contributed by atoms with Crippen molar-refractivity contribution in [2.75, 3.05) is 13.1 Å². The molecule has 1 fully saturated rings. The van der Waals surface area contributed by atoms with Gasteiger partial charge < -0.3 is 9.47 Å². The Hall–Kier alpha value is -1.34. The molecule has 0 atom stereocenters. The molecule has 0 N–H and O–H groups in total. The van der Waals surface area contributed by atoms with Crippen molar-refractivity contribution in [2.24, 2.45) is 7.05 Å². The van der Waals surface area contributed by atoms with E-state index in [2.05, 4.69) is 20.8 Å². The third-order valence-electron chi connectivity index (χ3n) is 3.74. The normalized spacial score (nSPS) is 16.4. The number of thiophene rings is 1. The van der Waals surface area contributed by atoms with Crippen LogP contribution >= 0.6 is 23.1 Å². The van der Waals surface area contributed by atoms with Crippen molar-refractivity contribution in [1.82, 2.24) is 19.7 Å². The molecular weight excluding hydrogens is 304 g/mol. The van der Waals surface area contributed by atoms with Crippen molar-refractivity contribution in [3.8, 4) is 10.7 Å². The number of piperidine rings is 1. The topological polar surface area (TPSA) is 51.0 Å². The van der Waals surface area contributed by atoms with Gasteiger partial charge in [0.25, 0.3) is 0 Å². The average Bonchev–Trinajstić information content (AvgIpc) is 3.10. The van der Waals surface area contributed by atoms with E-state index < -0.39 is 0 Å². The van der Waals surface area contributed by atoms with Crippen molar-refractivity contribution in [3.63, 3.8) is 0 Å². The number of thioether (sulfide) groups is 1. The van der Waals surface area contributed by atoms with Crippen LogP contribution in [0.4, 0.5) is 0 Å². The molecule has 3 rings (SSSR count). The van der Waals surface area contributed by atoms with Crippen LogP contribution < -0.4 is 0 Å². The second-order valence-corrected chi connectivity index (χ2v) is 7.38. The van der Waals surface area contributed by atoms with Gasteiger partial charge in [0.2, 0.25) is 5.91 Å². The maximum absolute atomic E-state index is 11.3. The summed E-state index contributed by atoms with van der Waals surface area (Å²) >= 11 is 3.46. The fourth-order valence-electron chi connectivity index (χ4n) is 2.48. The fraction of sp³-hybridized carbons (Fsp3) is 0.500. The highest BCUT2D eigenvalue weighted by Crippen LogP contribution is 2.31. The van der Waals surface area contributed by atoms with Gasteiger partial charge in [-0.3, -0.25) is 4.79 Å². The van der Waals surface area contributed by atoms with Gasteiger partial charge in [-0.25, -0.2) is 0 Å². The van der Waals surface area contributed by atoms with E-state index in [1.807, 2.05) is 23.4 Å². The van der Waals surface area contributed by atoms with Gasteiger partial charge in [-0.2, -0.15) is 0 Å². The van der Waals surface area contributed by atoms with E-state index in [0.29, 0.717) is 5.25 Å².